The fourth-order valence-corrected chi connectivity index (χ4v) is 1.04. The van der Waals surface area contributed by atoms with Crippen molar-refractivity contribution in [1.29, 1.82) is 0 Å². The van der Waals surface area contributed by atoms with Gasteiger partial charge < -0.3 is 15.7 Å². The van der Waals surface area contributed by atoms with Crippen LogP contribution in [0.2, 0.25) is 0 Å². The predicted octanol–water partition coefficient (Wildman–Crippen LogP) is -0.486. The standard InChI is InChI=1S/C8H20NO4.H2O/c1-3-9(4-2,12-7-5-10)13-8-6-11;/h10-11H,3-8H2,1-2H3;1H2/q+1;/p-1. The Kier molecular flexibility index (Phi) is 10.8. The van der Waals surface area contributed by atoms with E-state index in [4.69, 9.17) is 19.9 Å². The number of nitrogens with zero attached hydrogens (tertiary/aromatic N) is 1. The van der Waals surface area contributed by atoms with Crippen molar-refractivity contribution in [2.75, 3.05) is 39.5 Å². The third-order valence-electron chi connectivity index (χ3n) is 1.80. The smallest absolute Gasteiger partial charge is 0.139 e. The first-order chi connectivity index (χ1) is 6.24. The molecule has 0 atom stereocenters. The van der Waals surface area contributed by atoms with Crippen LogP contribution in [0.25, 0.3) is 0 Å². The fraction of sp³-hybridized carbons (Fsp3) is 1.00. The molecule has 6 nitrogen and oxygen atoms in total. The Hall–Kier alpha value is -0.240. The van der Waals surface area contributed by atoms with E-state index in [-0.39, 0.29) is 36.7 Å². The molecule has 0 aliphatic rings. The van der Waals surface area contributed by atoms with Crippen molar-refractivity contribution in [1.82, 2.24) is 0 Å². The summed E-state index contributed by atoms with van der Waals surface area (Å²) in [6.07, 6.45) is 0. The van der Waals surface area contributed by atoms with E-state index in [1.54, 1.807) is 0 Å². The van der Waals surface area contributed by atoms with Gasteiger partial charge in [-0.3, -0.25) is 0 Å². The van der Waals surface area contributed by atoms with Gasteiger partial charge in [0.05, 0.1) is 13.2 Å². The molecule has 0 aromatic carbocycles. The predicted molar refractivity (Wildman–Crippen MR) is 49.4 cm³/mol. The van der Waals surface area contributed by atoms with Gasteiger partial charge in [0.25, 0.3) is 0 Å². The molecular weight excluding hydrogens is 190 g/mol. The van der Waals surface area contributed by atoms with Crippen LogP contribution in [0.4, 0.5) is 0 Å². The lowest BCUT2D eigenvalue weighted by Gasteiger charge is -2.29. The van der Waals surface area contributed by atoms with Crippen molar-refractivity contribution in [3.8, 4) is 0 Å². The topological polar surface area (TPSA) is 88.9 Å². The molecule has 0 saturated heterocycles. The lowest BCUT2D eigenvalue weighted by molar-refractivity contribution is -1.24. The van der Waals surface area contributed by atoms with Gasteiger partial charge in [-0.05, 0) is 18.7 Å². The van der Waals surface area contributed by atoms with Gasteiger partial charge in [-0.1, -0.05) is 0 Å². The number of quaternary nitrogens is 1. The van der Waals surface area contributed by atoms with E-state index in [1.165, 1.54) is 0 Å². The molecule has 0 bridgehead atoms. The number of hydrogen-bond donors (Lipinski definition) is 2. The van der Waals surface area contributed by atoms with Crippen LogP contribution in [0.1, 0.15) is 13.8 Å². The largest absolute Gasteiger partial charge is 0.870 e. The monoisotopic (exact) mass is 211 g/mol. The van der Waals surface area contributed by atoms with E-state index in [0.717, 1.165) is 0 Å². The van der Waals surface area contributed by atoms with Crippen molar-refractivity contribution >= 4 is 0 Å². The summed E-state index contributed by atoms with van der Waals surface area (Å²) in [6, 6.07) is 0. The zero-order valence-electron chi connectivity index (χ0n) is 8.85. The number of aliphatic hydroxyl groups excluding tert-OH is 2. The lowest BCUT2D eigenvalue weighted by Crippen LogP contribution is -2.48. The van der Waals surface area contributed by atoms with Crippen LogP contribution in [0.5, 0.6) is 0 Å². The minimum atomic E-state index is -0.0253. The van der Waals surface area contributed by atoms with Crippen LogP contribution >= 0.6 is 0 Å². The zero-order chi connectivity index (χ0) is 10.2. The molecule has 0 aliphatic heterocycles. The van der Waals surface area contributed by atoms with Gasteiger partial charge in [0.2, 0.25) is 0 Å². The second kappa shape index (κ2) is 9.32. The summed E-state index contributed by atoms with van der Waals surface area (Å²) >= 11 is 0. The van der Waals surface area contributed by atoms with Crippen molar-refractivity contribution < 1.29 is 30.2 Å². The average Bonchev–Trinajstić information content (AvgIpc) is 2.20. The Morgan fingerprint density at radius 1 is 0.929 bits per heavy atom. The third-order valence-corrected chi connectivity index (χ3v) is 1.80. The van der Waals surface area contributed by atoms with E-state index >= 15 is 0 Å². The first kappa shape index (κ1) is 16.2. The Labute approximate surface area is 84.5 Å². The highest BCUT2D eigenvalue weighted by molar-refractivity contribution is 4.20. The molecule has 0 rings (SSSR count). The fourth-order valence-electron chi connectivity index (χ4n) is 1.04. The molecule has 0 fully saturated rings. The Morgan fingerprint density at radius 3 is 1.50 bits per heavy atom. The van der Waals surface area contributed by atoms with Crippen LogP contribution in [0, 0.1) is 0 Å². The third kappa shape index (κ3) is 5.48. The van der Waals surface area contributed by atoms with Gasteiger partial charge in [0.15, 0.2) is 0 Å². The van der Waals surface area contributed by atoms with Crippen LogP contribution in [-0.4, -0.2) is 60.0 Å². The quantitative estimate of drug-likeness (QED) is 0.418. The Bertz CT molecular complexity index is 108. The van der Waals surface area contributed by atoms with E-state index < -0.39 is 0 Å². The minimum absolute atomic E-state index is 0. The van der Waals surface area contributed by atoms with Crippen LogP contribution < -0.4 is 0 Å². The maximum Gasteiger partial charge on any atom is 0.139 e. The Morgan fingerprint density at radius 2 is 1.29 bits per heavy atom. The molecule has 14 heavy (non-hydrogen) atoms. The van der Waals surface area contributed by atoms with Gasteiger partial charge in [-0.15, -0.1) is 0 Å². The first-order valence-corrected chi connectivity index (χ1v) is 4.62. The van der Waals surface area contributed by atoms with Crippen molar-refractivity contribution in [2.24, 2.45) is 0 Å². The molecule has 0 aromatic rings. The summed E-state index contributed by atoms with van der Waals surface area (Å²) in [5.41, 5.74) is 0. The highest BCUT2D eigenvalue weighted by atomic mass is 17.0. The number of aliphatic hydroxyl groups is 2. The Balaban J connectivity index is 0. The van der Waals surface area contributed by atoms with Crippen molar-refractivity contribution in [3.05, 3.63) is 0 Å². The second-order valence-electron chi connectivity index (χ2n) is 2.56. The maximum atomic E-state index is 8.61. The summed E-state index contributed by atoms with van der Waals surface area (Å²) in [6.45, 7) is 5.59. The molecular formula is C8H21NO5. The molecule has 0 spiro atoms. The van der Waals surface area contributed by atoms with E-state index in [2.05, 4.69) is 0 Å². The molecule has 0 amide bonds. The van der Waals surface area contributed by atoms with Gasteiger partial charge >= 0.3 is 0 Å². The molecule has 0 unspecified atom stereocenters. The number of hydrogen-bond acceptors (Lipinski definition) is 5. The molecule has 6 heteroatoms. The number of rotatable bonds is 8. The van der Waals surface area contributed by atoms with Gasteiger partial charge in [-0.2, -0.15) is 9.68 Å². The van der Waals surface area contributed by atoms with E-state index in [9.17, 15) is 0 Å². The van der Waals surface area contributed by atoms with E-state index in [1.807, 2.05) is 13.8 Å². The summed E-state index contributed by atoms with van der Waals surface area (Å²) in [7, 11) is 0. The number of hydroxylamine groups is 4. The normalized spacial score (nSPS) is 11.1. The average molecular weight is 211 g/mol. The highest BCUT2D eigenvalue weighted by Crippen LogP contribution is 2.08. The van der Waals surface area contributed by atoms with Gasteiger partial charge in [-0.25, -0.2) is 0 Å². The SMILES string of the molecule is CC[N+](CC)(OCCO)OCCO.[OH-]. The van der Waals surface area contributed by atoms with Crippen LogP contribution in [0.15, 0.2) is 0 Å². The second-order valence-corrected chi connectivity index (χ2v) is 2.56. The summed E-state index contributed by atoms with van der Waals surface area (Å²) in [5, 5.41) is 17.2. The first-order valence-electron chi connectivity index (χ1n) is 4.62. The summed E-state index contributed by atoms with van der Waals surface area (Å²) < 4.78 is 0. The van der Waals surface area contributed by atoms with Crippen LogP contribution in [-0.2, 0) is 9.68 Å². The molecule has 0 radical (unpaired) electrons. The van der Waals surface area contributed by atoms with Gasteiger partial charge in [0, 0.05) is 0 Å². The minimum Gasteiger partial charge on any atom is -0.870 e. The van der Waals surface area contributed by atoms with Crippen LogP contribution in [0.3, 0.4) is 0 Å². The summed E-state index contributed by atoms with van der Waals surface area (Å²) in [4.78, 5) is 10.7. The van der Waals surface area contributed by atoms with E-state index in [0.29, 0.717) is 13.1 Å². The molecule has 0 saturated carbocycles. The molecule has 88 valence electrons. The van der Waals surface area contributed by atoms with Gasteiger partial charge in [0.1, 0.15) is 26.3 Å². The highest BCUT2D eigenvalue weighted by Gasteiger charge is 2.27. The maximum absolute atomic E-state index is 8.61. The molecule has 0 heterocycles. The zero-order valence-corrected chi connectivity index (χ0v) is 8.85. The van der Waals surface area contributed by atoms with Crippen molar-refractivity contribution in [2.45, 2.75) is 13.8 Å². The molecule has 3 N–H and O–H groups in total. The lowest BCUT2D eigenvalue weighted by atomic mass is 10.6. The van der Waals surface area contributed by atoms with Crippen molar-refractivity contribution in [3.63, 3.8) is 0 Å². The molecule has 0 aliphatic carbocycles. The summed E-state index contributed by atoms with van der Waals surface area (Å²) in [5.74, 6) is 0. The molecule has 0 aromatic heterocycles.